The lowest BCUT2D eigenvalue weighted by atomic mass is 9.82. The van der Waals surface area contributed by atoms with Gasteiger partial charge in [0.1, 0.15) is 0 Å². The number of hydrogen-bond donors (Lipinski definition) is 3. The summed E-state index contributed by atoms with van der Waals surface area (Å²) in [7, 11) is 0. The lowest BCUT2D eigenvalue weighted by Crippen LogP contribution is -2.52. The fourth-order valence-electron chi connectivity index (χ4n) is 2.31. The van der Waals surface area contributed by atoms with E-state index in [1.54, 1.807) is 0 Å². The molecule has 0 aliphatic heterocycles. The summed E-state index contributed by atoms with van der Waals surface area (Å²) in [6.45, 7) is -0.0301. The molecule has 0 bridgehead atoms. The summed E-state index contributed by atoms with van der Waals surface area (Å²) < 4.78 is 0. The molecule has 1 rings (SSSR count). The van der Waals surface area contributed by atoms with Gasteiger partial charge in [-0.15, -0.1) is 0 Å². The van der Waals surface area contributed by atoms with Crippen LogP contribution in [0.2, 0.25) is 0 Å². The fraction of sp³-hybridized carbons (Fsp3) is 0.833. The third kappa shape index (κ3) is 4.73. The average Bonchev–Trinajstić information content (AvgIpc) is 2.29. The van der Waals surface area contributed by atoms with Crippen molar-refractivity contribution in [1.82, 2.24) is 5.32 Å². The van der Waals surface area contributed by atoms with E-state index in [0.717, 1.165) is 32.1 Å². The Balaban J connectivity index is 2.34. The normalized spacial score (nSPS) is 18.6. The first-order valence-corrected chi connectivity index (χ1v) is 6.22. The van der Waals surface area contributed by atoms with Crippen LogP contribution in [0.3, 0.4) is 0 Å². The van der Waals surface area contributed by atoms with Crippen molar-refractivity contribution in [2.45, 2.75) is 56.9 Å². The van der Waals surface area contributed by atoms with Crippen LogP contribution in [0.4, 0.5) is 0 Å². The molecule has 0 aromatic rings. The summed E-state index contributed by atoms with van der Waals surface area (Å²) >= 11 is 0. The van der Waals surface area contributed by atoms with E-state index in [9.17, 15) is 14.7 Å². The molecule has 98 valence electrons. The Morgan fingerprint density at radius 3 is 2.29 bits per heavy atom. The highest BCUT2D eigenvalue weighted by Gasteiger charge is 2.32. The van der Waals surface area contributed by atoms with Crippen LogP contribution in [0.1, 0.15) is 51.4 Å². The van der Waals surface area contributed by atoms with Crippen molar-refractivity contribution in [2.75, 3.05) is 6.61 Å². The molecule has 0 atom stereocenters. The largest absolute Gasteiger partial charge is 0.481 e. The zero-order valence-electron chi connectivity index (χ0n) is 10.1. The smallest absolute Gasteiger partial charge is 0.303 e. The van der Waals surface area contributed by atoms with E-state index in [1.165, 1.54) is 0 Å². The van der Waals surface area contributed by atoms with Crippen LogP contribution in [0, 0.1) is 0 Å². The van der Waals surface area contributed by atoms with Gasteiger partial charge < -0.3 is 15.5 Å². The predicted molar refractivity (Wildman–Crippen MR) is 62.5 cm³/mol. The summed E-state index contributed by atoms with van der Waals surface area (Å²) in [4.78, 5) is 22.0. The van der Waals surface area contributed by atoms with Gasteiger partial charge in [0.2, 0.25) is 5.91 Å². The second-order valence-electron chi connectivity index (χ2n) is 4.79. The number of carboxylic acid groups (broad SMARTS) is 1. The summed E-state index contributed by atoms with van der Waals surface area (Å²) in [6, 6.07) is 0. The quantitative estimate of drug-likeness (QED) is 0.651. The lowest BCUT2D eigenvalue weighted by molar-refractivity contribution is -0.137. The molecular formula is C12H21NO4. The number of aliphatic hydroxyl groups excluding tert-OH is 1. The number of hydrogen-bond acceptors (Lipinski definition) is 3. The first-order chi connectivity index (χ1) is 8.08. The summed E-state index contributed by atoms with van der Waals surface area (Å²) in [5, 5.41) is 20.7. The number of carboxylic acids is 1. The first kappa shape index (κ1) is 14.0. The number of carbonyl (C=O) groups excluding carboxylic acids is 1. The molecule has 0 heterocycles. The summed E-state index contributed by atoms with van der Waals surface area (Å²) in [6.07, 6.45) is 5.40. The standard InChI is InChI=1S/C12H21NO4/c14-9-12(7-2-1-3-8-12)13-10(15)5-4-6-11(16)17/h14H,1-9H2,(H,13,15)(H,16,17). The SMILES string of the molecule is O=C(O)CCCC(=O)NC1(CO)CCCCC1. The molecule has 1 saturated carbocycles. The Labute approximate surface area is 101 Å². The second kappa shape index (κ2) is 6.59. The van der Waals surface area contributed by atoms with Crippen LogP contribution in [0.15, 0.2) is 0 Å². The lowest BCUT2D eigenvalue weighted by Gasteiger charge is -2.36. The third-order valence-electron chi connectivity index (χ3n) is 3.31. The predicted octanol–water partition coefficient (Wildman–Crippen LogP) is 1.05. The van der Waals surface area contributed by atoms with Crippen molar-refractivity contribution in [2.24, 2.45) is 0 Å². The second-order valence-corrected chi connectivity index (χ2v) is 4.79. The minimum Gasteiger partial charge on any atom is -0.481 e. The molecule has 1 aliphatic rings. The molecule has 5 nitrogen and oxygen atoms in total. The summed E-state index contributed by atoms with van der Waals surface area (Å²) in [5.41, 5.74) is -0.460. The molecule has 0 aromatic carbocycles. The topological polar surface area (TPSA) is 86.6 Å². The van der Waals surface area contributed by atoms with Crippen molar-refractivity contribution in [3.05, 3.63) is 0 Å². The molecule has 0 spiro atoms. The Hall–Kier alpha value is -1.10. The van der Waals surface area contributed by atoms with Crippen LogP contribution >= 0.6 is 0 Å². The van der Waals surface area contributed by atoms with Gasteiger partial charge in [-0.3, -0.25) is 9.59 Å². The summed E-state index contributed by atoms with van der Waals surface area (Å²) in [5.74, 6) is -1.03. The Bertz CT molecular complexity index is 272. The highest BCUT2D eigenvalue weighted by atomic mass is 16.4. The molecular weight excluding hydrogens is 222 g/mol. The van der Waals surface area contributed by atoms with Gasteiger partial charge in [-0.05, 0) is 19.3 Å². The van der Waals surface area contributed by atoms with E-state index >= 15 is 0 Å². The molecule has 0 radical (unpaired) electrons. The minimum absolute atomic E-state index is 0.0134. The molecule has 0 unspecified atom stereocenters. The van der Waals surface area contributed by atoms with Crippen molar-refractivity contribution in [3.8, 4) is 0 Å². The number of amides is 1. The highest BCUT2D eigenvalue weighted by molar-refractivity contribution is 5.77. The first-order valence-electron chi connectivity index (χ1n) is 6.22. The van der Waals surface area contributed by atoms with E-state index in [1.807, 2.05) is 0 Å². The molecule has 5 heteroatoms. The average molecular weight is 243 g/mol. The molecule has 1 fully saturated rings. The van der Waals surface area contributed by atoms with Crippen molar-refractivity contribution >= 4 is 11.9 Å². The van der Waals surface area contributed by atoms with Crippen LogP contribution in [-0.2, 0) is 9.59 Å². The number of aliphatic hydroxyl groups is 1. The van der Waals surface area contributed by atoms with Gasteiger partial charge in [0, 0.05) is 12.8 Å². The maximum atomic E-state index is 11.6. The fourth-order valence-corrected chi connectivity index (χ4v) is 2.31. The van der Waals surface area contributed by atoms with Crippen molar-refractivity contribution in [3.63, 3.8) is 0 Å². The maximum Gasteiger partial charge on any atom is 0.303 e. The van der Waals surface area contributed by atoms with Gasteiger partial charge in [0.15, 0.2) is 0 Å². The van der Waals surface area contributed by atoms with Crippen molar-refractivity contribution < 1.29 is 19.8 Å². The van der Waals surface area contributed by atoms with E-state index < -0.39 is 11.5 Å². The zero-order chi connectivity index (χ0) is 12.7. The molecule has 17 heavy (non-hydrogen) atoms. The number of carbonyl (C=O) groups is 2. The van der Waals surface area contributed by atoms with E-state index in [-0.39, 0.29) is 25.4 Å². The molecule has 3 N–H and O–H groups in total. The highest BCUT2D eigenvalue weighted by Crippen LogP contribution is 2.27. The van der Waals surface area contributed by atoms with E-state index in [4.69, 9.17) is 5.11 Å². The van der Waals surface area contributed by atoms with Gasteiger partial charge in [0.25, 0.3) is 0 Å². The van der Waals surface area contributed by atoms with Crippen LogP contribution < -0.4 is 5.32 Å². The van der Waals surface area contributed by atoms with Crippen molar-refractivity contribution in [1.29, 1.82) is 0 Å². The van der Waals surface area contributed by atoms with Gasteiger partial charge in [-0.25, -0.2) is 0 Å². The van der Waals surface area contributed by atoms with E-state index in [2.05, 4.69) is 5.32 Å². The molecule has 0 saturated heterocycles. The third-order valence-corrected chi connectivity index (χ3v) is 3.31. The van der Waals surface area contributed by atoms with Gasteiger partial charge in [0.05, 0.1) is 12.1 Å². The molecule has 0 aromatic heterocycles. The van der Waals surface area contributed by atoms with Gasteiger partial charge in [-0.2, -0.15) is 0 Å². The van der Waals surface area contributed by atoms with Gasteiger partial charge >= 0.3 is 5.97 Å². The Morgan fingerprint density at radius 2 is 1.76 bits per heavy atom. The number of aliphatic carboxylic acids is 1. The van der Waals surface area contributed by atoms with Crippen LogP contribution in [0.5, 0.6) is 0 Å². The minimum atomic E-state index is -0.882. The molecule has 1 aliphatic carbocycles. The monoisotopic (exact) mass is 243 g/mol. The van der Waals surface area contributed by atoms with Crippen LogP contribution in [0.25, 0.3) is 0 Å². The Kier molecular flexibility index (Phi) is 5.41. The van der Waals surface area contributed by atoms with Crippen LogP contribution in [-0.4, -0.2) is 34.2 Å². The van der Waals surface area contributed by atoms with E-state index in [0.29, 0.717) is 6.42 Å². The van der Waals surface area contributed by atoms with Gasteiger partial charge in [-0.1, -0.05) is 19.3 Å². The number of nitrogens with one attached hydrogen (secondary N) is 1. The number of rotatable bonds is 6. The molecule has 1 amide bonds. The Morgan fingerprint density at radius 1 is 1.12 bits per heavy atom. The maximum absolute atomic E-state index is 11.6. The zero-order valence-corrected chi connectivity index (χ0v) is 10.1.